The topological polar surface area (TPSA) is 47.0 Å². The molecule has 2 rings (SSSR count). The van der Waals surface area contributed by atoms with Crippen LogP contribution < -0.4 is 0 Å². The molecular weight excluding hydrogens is 266 g/mol. The molecule has 2 heterocycles. The second-order valence-electron chi connectivity index (χ2n) is 4.07. The van der Waals surface area contributed by atoms with Crippen molar-refractivity contribution in [1.82, 2.24) is 4.98 Å². The van der Waals surface area contributed by atoms with Crippen LogP contribution in [0.4, 0.5) is 0 Å². The molecule has 0 spiro atoms. The van der Waals surface area contributed by atoms with Gasteiger partial charge in [-0.15, -0.1) is 22.9 Å². The van der Waals surface area contributed by atoms with Gasteiger partial charge in [0.1, 0.15) is 0 Å². The van der Waals surface area contributed by atoms with Crippen molar-refractivity contribution in [3.8, 4) is 0 Å². The van der Waals surface area contributed by atoms with Crippen LogP contribution in [-0.4, -0.2) is 30.8 Å². The number of thiazole rings is 1. The maximum Gasteiger partial charge on any atom is 0.151 e. The van der Waals surface area contributed by atoms with Gasteiger partial charge in [-0.05, 0) is 19.3 Å². The van der Waals surface area contributed by atoms with Crippen LogP contribution in [0.15, 0.2) is 5.38 Å². The van der Waals surface area contributed by atoms with Crippen molar-refractivity contribution in [2.24, 2.45) is 0 Å². The van der Waals surface area contributed by atoms with Gasteiger partial charge in [-0.25, -0.2) is 13.4 Å². The third-order valence-corrected chi connectivity index (χ3v) is 5.81. The highest BCUT2D eigenvalue weighted by molar-refractivity contribution is 7.91. The van der Waals surface area contributed by atoms with E-state index in [0.717, 1.165) is 30.0 Å². The second kappa shape index (κ2) is 5.02. The molecule has 90 valence electrons. The van der Waals surface area contributed by atoms with Gasteiger partial charge in [0.05, 0.1) is 22.2 Å². The van der Waals surface area contributed by atoms with E-state index in [1.54, 1.807) is 11.3 Å². The van der Waals surface area contributed by atoms with E-state index in [4.69, 9.17) is 11.6 Å². The van der Waals surface area contributed by atoms with Crippen molar-refractivity contribution in [3.05, 3.63) is 16.1 Å². The molecule has 1 saturated heterocycles. The zero-order chi connectivity index (χ0) is 11.6. The summed E-state index contributed by atoms with van der Waals surface area (Å²) in [5, 5.41) is 3.00. The standard InChI is InChI=1S/C10H14ClNO2S2/c11-4-1-2-9-6-15-10(12-9)8-3-5-16(13,14)7-8/h6,8H,1-5,7H2. The van der Waals surface area contributed by atoms with E-state index < -0.39 is 9.84 Å². The summed E-state index contributed by atoms with van der Waals surface area (Å²) >= 11 is 7.20. The molecule has 16 heavy (non-hydrogen) atoms. The monoisotopic (exact) mass is 279 g/mol. The summed E-state index contributed by atoms with van der Waals surface area (Å²) in [6.45, 7) is 0. The maximum absolute atomic E-state index is 11.4. The molecular formula is C10H14ClNO2S2. The summed E-state index contributed by atoms with van der Waals surface area (Å²) in [6.07, 6.45) is 2.54. The number of aryl methyl sites for hydroxylation is 1. The molecule has 1 aromatic heterocycles. The Hall–Kier alpha value is -0.130. The summed E-state index contributed by atoms with van der Waals surface area (Å²) in [5.74, 6) is 1.36. The Bertz CT molecular complexity index is 455. The lowest BCUT2D eigenvalue weighted by molar-refractivity contribution is 0.601. The second-order valence-corrected chi connectivity index (χ2v) is 7.57. The SMILES string of the molecule is O=S1(=O)CCC(c2nc(CCCCl)cs2)C1. The smallest absolute Gasteiger partial charge is 0.151 e. The van der Waals surface area contributed by atoms with Crippen molar-refractivity contribution in [2.45, 2.75) is 25.2 Å². The first-order valence-corrected chi connectivity index (χ1v) is 8.55. The summed E-state index contributed by atoms with van der Waals surface area (Å²) < 4.78 is 22.7. The highest BCUT2D eigenvalue weighted by atomic mass is 35.5. The molecule has 0 radical (unpaired) electrons. The number of hydrogen-bond donors (Lipinski definition) is 0. The molecule has 0 aromatic carbocycles. The Morgan fingerprint density at radius 3 is 3.00 bits per heavy atom. The van der Waals surface area contributed by atoms with Crippen LogP contribution in [0.25, 0.3) is 0 Å². The highest BCUT2D eigenvalue weighted by Gasteiger charge is 2.30. The van der Waals surface area contributed by atoms with E-state index in [2.05, 4.69) is 4.98 Å². The van der Waals surface area contributed by atoms with Crippen LogP contribution in [0.3, 0.4) is 0 Å². The quantitative estimate of drug-likeness (QED) is 0.794. The van der Waals surface area contributed by atoms with E-state index in [1.807, 2.05) is 5.38 Å². The molecule has 6 heteroatoms. The molecule has 0 aliphatic carbocycles. The zero-order valence-corrected chi connectivity index (χ0v) is 11.2. The molecule has 0 bridgehead atoms. The molecule has 1 unspecified atom stereocenters. The van der Waals surface area contributed by atoms with Crippen LogP contribution >= 0.6 is 22.9 Å². The fraction of sp³-hybridized carbons (Fsp3) is 0.700. The molecule has 0 amide bonds. The minimum absolute atomic E-state index is 0.125. The van der Waals surface area contributed by atoms with Crippen LogP contribution in [0, 0.1) is 0 Å². The van der Waals surface area contributed by atoms with Gasteiger partial charge in [0.25, 0.3) is 0 Å². The molecule has 0 N–H and O–H groups in total. The molecule has 1 aromatic rings. The average Bonchev–Trinajstić information content (AvgIpc) is 2.81. The normalized spacial score (nSPS) is 23.7. The highest BCUT2D eigenvalue weighted by Crippen LogP contribution is 2.31. The number of aromatic nitrogens is 1. The summed E-state index contributed by atoms with van der Waals surface area (Å²) in [4.78, 5) is 4.49. The lowest BCUT2D eigenvalue weighted by Gasteiger charge is -2.01. The molecule has 1 aliphatic heterocycles. The first-order chi connectivity index (χ1) is 7.61. The number of hydrogen-bond acceptors (Lipinski definition) is 4. The molecule has 1 atom stereocenters. The summed E-state index contributed by atoms with van der Waals surface area (Å²) in [6, 6.07) is 0. The lowest BCUT2D eigenvalue weighted by Crippen LogP contribution is -2.03. The third-order valence-electron chi connectivity index (χ3n) is 2.72. The largest absolute Gasteiger partial charge is 0.246 e. The number of alkyl halides is 1. The van der Waals surface area contributed by atoms with Gasteiger partial charge in [0.2, 0.25) is 0 Å². The van der Waals surface area contributed by atoms with Gasteiger partial charge in [0, 0.05) is 17.2 Å². The van der Waals surface area contributed by atoms with Crippen molar-refractivity contribution in [2.75, 3.05) is 17.4 Å². The first kappa shape index (κ1) is 12.3. The Balaban J connectivity index is 2.02. The van der Waals surface area contributed by atoms with Crippen LogP contribution in [-0.2, 0) is 16.3 Å². The van der Waals surface area contributed by atoms with Crippen molar-refractivity contribution < 1.29 is 8.42 Å². The van der Waals surface area contributed by atoms with Crippen LogP contribution in [0.1, 0.15) is 29.5 Å². The van der Waals surface area contributed by atoms with Gasteiger partial charge >= 0.3 is 0 Å². The van der Waals surface area contributed by atoms with E-state index >= 15 is 0 Å². The van der Waals surface area contributed by atoms with Gasteiger partial charge in [0.15, 0.2) is 9.84 Å². The molecule has 1 aliphatic rings. The molecule has 0 saturated carbocycles. The fourth-order valence-electron chi connectivity index (χ4n) is 1.86. The number of sulfone groups is 1. The van der Waals surface area contributed by atoms with Gasteiger partial charge in [-0.3, -0.25) is 0 Å². The summed E-state index contributed by atoms with van der Waals surface area (Å²) in [7, 11) is -2.81. The molecule has 1 fully saturated rings. The van der Waals surface area contributed by atoms with Crippen LogP contribution in [0.5, 0.6) is 0 Å². The first-order valence-electron chi connectivity index (χ1n) is 5.31. The lowest BCUT2D eigenvalue weighted by atomic mass is 10.1. The van der Waals surface area contributed by atoms with E-state index in [1.165, 1.54) is 0 Å². The van der Waals surface area contributed by atoms with Crippen molar-refractivity contribution >= 4 is 32.8 Å². The van der Waals surface area contributed by atoms with Gasteiger partial charge in [-0.1, -0.05) is 0 Å². The van der Waals surface area contributed by atoms with Crippen molar-refractivity contribution in [3.63, 3.8) is 0 Å². The third kappa shape index (κ3) is 2.96. The van der Waals surface area contributed by atoms with Gasteiger partial charge in [-0.2, -0.15) is 0 Å². The Kier molecular flexibility index (Phi) is 3.87. The number of rotatable bonds is 4. The molecule has 3 nitrogen and oxygen atoms in total. The van der Waals surface area contributed by atoms with E-state index in [0.29, 0.717) is 11.6 Å². The average molecular weight is 280 g/mol. The Labute approximate surface area is 105 Å². The maximum atomic E-state index is 11.4. The van der Waals surface area contributed by atoms with E-state index in [9.17, 15) is 8.42 Å². The predicted molar refractivity (Wildman–Crippen MR) is 67.2 cm³/mol. The predicted octanol–water partition coefficient (Wildman–Crippen LogP) is 2.22. The Morgan fingerprint density at radius 2 is 2.38 bits per heavy atom. The van der Waals surface area contributed by atoms with Crippen LogP contribution in [0.2, 0.25) is 0 Å². The minimum Gasteiger partial charge on any atom is -0.246 e. The van der Waals surface area contributed by atoms with Gasteiger partial charge < -0.3 is 0 Å². The zero-order valence-electron chi connectivity index (χ0n) is 8.86. The fourth-order valence-corrected chi connectivity index (χ4v) is 4.84. The Morgan fingerprint density at radius 1 is 1.56 bits per heavy atom. The number of halogens is 1. The minimum atomic E-state index is -2.81. The van der Waals surface area contributed by atoms with Crippen molar-refractivity contribution in [1.29, 1.82) is 0 Å². The summed E-state index contributed by atoms with van der Waals surface area (Å²) in [5.41, 5.74) is 1.05. The van der Waals surface area contributed by atoms with E-state index in [-0.39, 0.29) is 11.7 Å². The number of nitrogens with zero attached hydrogens (tertiary/aromatic N) is 1.